The molecule has 5 nitrogen and oxygen atoms in total. The summed E-state index contributed by atoms with van der Waals surface area (Å²) in [5.41, 5.74) is 2.18. The van der Waals surface area contributed by atoms with Crippen molar-refractivity contribution in [3.8, 4) is 5.75 Å². The van der Waals surface area contributed by atoms with Crippen molar-refractivity contribution in [3.05, 3.63) is 41.7 Å². The van der Waals surface area contributed by atoms with Crippen LogP contribution >= 0.6 is 0 Å². The summed E-state index contributed by atoms with van der Waals surface area (Å²) >= 11 is 0. The molecule has 2 aromatic rings. The zero-order valence-corrected chi connectivity index (χ0v) is 11.8. The second-order valence-electron chi connectivity index (χ2n) is 4.59. The molecule has 1 heterocycles. The second kappa shape index (κ2) is 6.23. The van der Waals surface area contributed by atoms with Crippen molar-refractivity contribution < 1.29 is 14.1 Å². The number of aromatic nitrogens is 1. The van der Waals surface area contributed by atoms with Crippen LogP contribution in [0.4, 0.5) is 5.82 Å². The predicted molar refractivity (Wildman–Crippen MR) is 75.8 cm³/mol. The van der Waals surface area contributed by atoms with Crippen LogP contribution in [0.15, 0.2) is 35.1 Å². The van der Waals surface area contributed by atoms with Gasteiger partial charge in [0.1, 0.15) is 12.0 Å². The lowest BCUT2D eigenvalue weighted by molar-refractivity contribution is -0.122. The first-order valence-corrected chi connectivity index (χ1v) is 6.56. The molecule has 0 bridgehead atoms. The van der Waals surface area contributed by atoms with Crippen molar-refractivity contribution >= 4 is 11.7 Å². The molecule has 0 aliphatic heterocycles. The molecule has 0 aliphatic rings. The highest BCUT2D eigenvalue weighted by molar-refractivity contribution is 5.93. The number of hydrogen-bond donors (Lipinski definition) is 1. The van der Waals surface area contributed by atoms with Crippen molar-refractivity contribution in [2.75, 3.05) is 5.32 Å². The summed E-state index contributed by atoms with van der Waals surface area (Å²) in [6.07, 6.45) is 1.41. The molecule has 1 aromatic carbocycles. The molecule has 0 fully saturated rings. The van der Waals surface area contributed by atoms with Crippen molar-refractivity contribution in [1.82, 2.24) is 5.16 Å². The molecule has 0 unspecified atom stereocenters. The van der Waals surface area contributed by atoms with E-state index in [1.54, 1.807) is 6.07 Å². The molecule has 1 atom stereocenters. The van der Waals surface area contributed by atoms with Crippen LogP contribution in [0.2, 0.25) is 0 Å². The van der Waals surface area contributed by atoms with Gasteiger partial charge in [0, 0.05) is 6.07 Å². The predicted octanol–water partition coefficient (Wildman–Crippen LogP) is 3.09. The zero-order chi connectivity index (χ0) is 14.5. The highest BCUT2D eigenvalue weighted by atomic mass is 16.5. The molecule has 2 rings (SSSR count). The number of benzene rings is 1. The van der Waals surface area contributed by atoms with Gasteiger partial charge in [0.15, 0.2) is 11.9 Å². The van der Waals surface area contributed by atoms with Crippen molar-refractivity contribution in [2.24, 2.45) is 0 Å². The molecular formula is C15H18N2O3. The van der Waals surface area contributed by atoms with Gasteiger partial charge in [0.05, 0.1) is 0 Å². The minimum absolute atomic E-state index is 0.234. The van der Waals surface area contributed by atoms with Crippen molar-refractivity contribution in [3.63, 3.8) is 0 Å². The monoisotopic (exact) mass is 274 g/mol. The maximum absolute atomic E-state index is 12.1. The number of carbonyl (C=O) groups excluding carboxylic acids is 1. The fourth-order valence-corrected chi connectivity index (χ4v) is 1.81. The highest BCUT2D eigenvalue weighted by Crippen LogP contribution is 2.22. The van der Waals surface area contributed by atoms with Crippen molar-refractivity contribution in [2.45, 2.75) is 33.3 Å². The van der Waals surface area contributed by atoms with Gasteiger partial charge in [-0.2, -0.15) is 0 Å². The van der Waals surface area contributed by atoms with Crippen molar-refractivity contribution in [1.29, 1.82) is 0 Å². The summed E-state index contributed by atoms with van der Waals surface area (Å²) in [6, 6.07) is 7.38. The van der Waals surface area contributed by atoms with Crippen LogP contribution in [0.5, 0.6) is 5.75 Å². The Balaban J connectivity index is 2.08. The fraction of sp³-hybridized carbons (Fsp3) is 0.333. The van der Waals surface area contributed by atoms with E-state index >= 15 is 0 Å². The lowest BCUT2D eigenvalue weighted by Gasteiger charge is -2.18. The summed E-state index contributed by atoms with van der Waals surface area (Å²) in [5, 5.41) is 6.31. The number of nitrogens with zero attached hydrogens (tertiary/aromatic N) is 1. The average molecular weight is 274 g/mol. The Morgan fingerprint density at radius 3 is 2.85 bits per heavy atom. The Bertz CT molecular complexity index is 579. The minimum atomic E-state index is -0.563. The smallest absolute Gasteiger partial charge is 0.266 e. The van der Waals surface area contributed by atoms with E-state index in [1.165, 1.54) is 6.26 Å². The molecule has 1 amide bonds. The van der Waals surface area contributed by atoms with E-state index in [2.05, 4.69) is 15.0 Å². The molecule has 106 valence electrons. The molecule has 0 aliphatic carbocycles. The molecular weight excluding hydrogens is 256 g/mol. The Morgan fingerprint density at radius 2 is 2.20 bits per heavy atom. The topological polar surface area (TPSA) is 64.4 Å². The summed E-state index contributed by atoms with van der Waals surface area (Å²) in [4.78, 5) is 12.1. The molecule has 0 radical (unpaired) electrons. The number of rotatable bonds is 5. The Kier molecular flexibility index (Phi) is 4.40. The number of nitrogens with one attached hydrogen (secondary N) is 1. The maximum atomic E-state index is 12.1. The number of ether oxygens (including phenoxy) is 1. The molecule has 1 aromatic heterocycles. The summed E-state index contributed by atoms with van der Waals surface area (Å²) < 4.78 is 10.5. The highest BCUT2D eigenvalue weighted by Gasteiger charge is 2.20. The summed E-state index contributed by atoms with van der Waals surface area (Å²) in [7, 11) is 0. The van der Waals surface area contributed by atoms with Crippen LogP contribution in [0.25, 0.3) is 0 Å². The van der Waals surface area contributed by atoms with E-state index in [9.17, 15) is 4.79 Å². The van der Waals surface area contributed by atoms with E-state index in [-0.39, 0.29) is 5.91 Å². The van der Waals surface area contributed by atoms with Gasteiger partial charge in [-0.05, 0) is 37.5 Å². The van der Waals surface area contributed by atoms with Gasteiger partial charge in [-0.3, -0.25) is 4.79 Å². The molecule has 20 heavy (non-hydrogen) atoms. The van der Waals surface area contributed by atoms with Gasteiger partial charge < -0.3 is 14.6 Å². The third kappa shape index (κ3) is 3.17. The van der Waals surface area contributed by atoms with Crippen LogP contribution < -0.4 is 10.1 Å². The Labute approximate surface area is 117 Å². The number of hydrogen-bond acceptors (Lipinski definition) is 4. The van der Waals surface area contributed by atoms with Gasteiger partial charge >= 0.3 is 0 Å². The maximum Gasteiger partial charge on any atom is 0.266 e. The third-order valence-electron chi connectivity index (χ3n) is 3.18. The summed E-state index contributed by atoms with van der Waals surface area (Å²) in [6.45, 7) is 5.89. The number of amides is 1. The quantitative estimate of drug-likeness (QED) is 0.910. The standard InChI is InChI=1S/C15H18N2O3/c1-4-12(15(18)16-14-8-9-19-17-14)20-13-7-5-6-10(2)11(13)3/h5-9,12H,4H2,1-3H3,(H,16,17,18)/t12-/m0/s1. The van der Waals surface area contributed by atoms with Gasteiger partial charge in [0.25, 0.3) is 5.91 Å². The van der Waals surface area contributed by atoms with Gasteiger partial charge in [-0.25, -0.2) is 0 Å². The molecule has 0 saturated heterocycles. The lowest BCUT2D eigenvalue weighted by Crippen LogP contribution is -2.32. The normalized spacial score (nSPS) is 11.9. The number of anilines is 1. The zero-order valence-electron chi connectivity index (χ0n) is 11.8. The second-order valence-corrected chi connectivity index (χ2v) is 4.59. The largest absolute Gasteiger partial charge is 0.480 e. The molecule has 1 N–H and O–H groups in total. The molecule has 0 spiro atoms. The third-order valence-corrected chi connectivity index (χ3v) is 3.18. The summed E-state index contributed by atoms with van der Waals surface area (Å²) in [5.74, 6) is 0.882. The Hall–Kier alpha value is -2.30. The van der Waals surface area contributed by atoms with E-state index in [1.807, 2.05) is 39.0 Å². The first kappa shape index (κ1) is 14.1. The van der Waals surface area contributed by atoms with Gasteiger partial charge in [-0.15, -0.1) is 0 Å². The fourth-order valence-electron chi connectivity index (χ4n) is 1.81. The van der Waals surface area contributed by atoms with Crippen LogP contribution in [0.3, 0.4) is 0 Å². The van der Waals surface area contributed by atoms with E-state index in [0.717, 1.165) is 16.9 Å². The number of carbonyl (C=O) groups is 1. The average Bonchev–Trinajstić information content (AvgIpc) is 2.93. The van der Waals surface area contributed by atoms with Crippen LogP contribution in [-0.2, 0) is 4.79 Å². The van der Waals surface area contributed by atoms with E-state index < -0.39 is 6.10 Å². The Morgan fingerprint density at radius 1 is 1.40 bits per heavy atom. The first-order valence-electron chi connectivity index (χ1n) is 6.56. The van der Waals surface area contributed by atoms with Crippen LogP contribution in [0.1, 0.15) is 24.5 Å². The lowest BCUT2D eigenvalue weighted by atomic mass is 10.1. The van der Waals surface area contributed by atoms with Gasteiger partial charge in [0.2, 0.25) is 0 Å². The van der Waals surface area contributed by atoms with Gasteiger partial charge in [-0.1, -0.05) is 24.2 Å². The first-order chi connectivity index (χ1) is 9.61. The molecule has 0 saturated carbocycles. The van der Waals surface area contributed by atoms with E-state index in [4.69, 9.17) is 4.74 Å². The van der Waals surface area contributed by atoms with Crippen LogP contribution in [0, 0.1) is 13.8 Å². The minimum Gasteiger partial charge on any atom is -0.480 e. The molecule has 5 heteroatoms. The van der Waals surface area contributed by atoms with Crippen LogP contribution in [-0.4, -0.2) is 17.2 Å². The SMILES string of the molecule is CC[C@H](Oc1cccc(C)c1C)C(=O)Nc1ccon1. The number of aryl methyl sites for hydroxylation is 1. The van der Waals surface area contributed by atoms with E-state index in [0.29, 0.717) is 12.2 Å².